The molecule has 0 aromatic heterocycles. The molecular weight excluding hydrogens is 388 g/mol. The first-order chi connectivity index (χ1) is 12.7. The summed E-state index contributed by atoms with van der Waals surface area (Å²) in [6.45, 7) is 0. The lowest BCUT2D eigenvalue weighted by Gasteiger charge is -2.18. The molecule has 0 saturated heterocycles. The summed E-state index contributed by atoms with van der Waals surface area (Å²) >= 11 is 3.46. The molecule has 1 amide bonds. The van der Waals surface area contributed by atoms with E-state index in [0.29, 0.717) is 11.5 Å². The Labute approximate surface area is 160 Å². The van der Waals surface area contributed by atoms with Crippen molar-refractivity contribution in [2.75, 3.05) is 4.90 Å². The van der Waals surface area contributed by atoms with Crippen LogP contribution in [0.1, 0.15) is 11.1 Å². The van der Waals surface area contributed by atoms with Gasteiger partial charge in [-0.25, -0.2) is 4.99 Å². The Morgan fingerprint density at radius 1 is 0.846 bits per heavy atom. The van der Waals surface area contributed by atoms with Gasteiger partial charge in [0.25, 0.3) is 5.91 Å². The van der Waals surface area contributed by atoms with Crippen LogP contribution in [0.4, 0.5) is 5.69 Å². The highest BCUT2D eigenvalue weighted by Gasteiger charge is 2.32. The van der Waals surface area contributed by atoms with Crippen LogP contribution in [0.5, 0.6) is 0 Å². The van der Waals surface area contributed by atoms with Crippen LogP contribution in [0.15, 0.2) is 100 Å². The summed E-state index contributed by atoms with van der Waals surface area (Å²) < 4.78 is 0.962. The Bertz CT molecular complexity index is 1010. The summed E-state index contributed by atoms with van der Waals surface area (Å²) in [6.07, 6.45) is 1.82. The summed E-state index contributed by atoms with van der Waals surface area (Å²) in [5, 5.41) is 0. The van der Waals surface area contributed by atoms with E-state index in [-0.39, 0.29) is 5.91 Å². The molecule has 0 N–H and O–H groups in total. The molecule has 1 heterocycles. The van der Waals surface area contributed by atoms with E-state index in [0.717, 1.165) is 21.3 Å². The average Bonchev–Trinajstić information content (AvgIpc) is 2.99. The Balaban J connectivity index is 1.82. The molecule has 1 aliphatic heterocycles. The molecule has 3 nitrogen and oxygen atoms in total. The van der Waals surface area contributed by atoms with Gasteiger partial charge in [-0.3, -0.25) is 9.69 Å². The largest absolute Gasteiger partial charge is 0.282 e. The minimum atomic E-state index is -0.130. The SMILES string of the molecule is O=C1/C(=C\c2cccc(Br)c2)N=C(c2ccccc2)N1c1ccccc1. The number of para-hydroxylation sites is 1. The lowest BCUT2D eigenvalue weighted by atomic mass is 10.1. The summed E-state index contributed by atoms with van der Waals surface area (Å²) in [7, 11) is 0. The van der Waals surface area contributed by atoms with Crippen molar-refractivity contribution in [2.24, 2.45) is 4.99 Å². The molecule has 0 unspecified atom stereocenters. The second-order valence-corrected chi connectivity index (χ2v) is 6.78. The number of anilines is 1. The van der Waals surface area contributed by atoms with E-state index in [1.807, 2.05) is 91.0 Å². The maximum atomic E-state index is 13.1. The number of hydrogen-bond acceptors (Lipinski definition) is 2. The number of rotatable bonds is 3. The third kappa shape index (κ3) is 3.24. The maximum Gasteiger partial charge on any atom is 0.282 e. The van der Waals surface area contributed by atoms with Crippen molar-refractivity contribution in [2.45, 2.75) is 0 Å². The second kappa shape index (κ2) is 7.10. The highest BCUT2D eigenvalue weighted by atomic mass is 79.9. The molecule has 0 aliphatic carbocycles. The summed E-state index contributed by atoms with van der Waals surface area (Å²) in [5.74, 6) is 0.512. The average molecular weight is 403 g/mol. The zero-order chi connectivity index (χ0) is 17.9. The number of hydrogen-bond donors (Lipinski definition) is 0. The number of halogens is 1. The highest BCUT2D eigenvalue weighted by molar-refractivity contribution is 9.10. The number of amides is 1. The molecule has 1 aliphatic rings. The number of nitrogens with zero attached hydrogens (tertiary/aromatic N) is 2. The van der Waals surface area contributed by atoms with Gasteiger partial charge in [-0.2, -0.15) is 0 Å². The molecule has 3 aromatic carbocycles. The standard InChI is InChI=1S/C22H15BrN2O/c23-18-11-7-8-16(14-18)15-20-22(26)25(19-12-5-2-6-13-19)21(24-20)17-9-3-1-4-10-17/h1-15H/b20-15+. The Kier molecular flexibility index (Phi) is 4.50. The van der Waals surface area contributed by atoms with Crippen LogP contribution in [0.25, 0.3) is 6.08 Å². The van der Waals surface area contributed by atoms with Crippen LogP contribution in [0.3, 0.4) is 0 Å². The third-order valence-electron chi connectivity index (χ3n) is 4.06. The van der Waals surface area contributed by atoms with Crippen LogP contribution >= 0.6 is 15.9 Å². The van der Waals surface area contributed by atoms with Gasteiger partial charge in [0.1, 0.15) is 11.5 Å². The molecule has 0 spiro atoms. The molecule has 26 heavy (non-hydrogen) atoms. The molecule has 0 fully saturated rings. The van der Waals surface area contributed by atoms with Crippen LogP contribution in [0.2, 0.25) is 0 Å². The van der Waals surface area contributed by atoms with Crippen molar-refractivity contribution in [1.82, 2.24) is 0 Å². The van der Waals surface area contributed by atoms with E-state index in [1.165, 1.54) is 0 Å². The monoisotopic (exact) mass is 402 g/mol. The van der Waals surface area contributed by atoms with Crippen molar-refractivity contribution in [1.29, 1.82) is 0 Å². The third-order valence-corrected chi connectivity index (χ3v) is 4.55. The zero-order valence-corrected chi connectivity index (χ0v) is 15.4. The number of benzene rings is 3. The first kappa shape index (κ1) is 16.5. The molecule has 0 radical (unpaired) electrons. The normalized spacial score (nSPS) is 15.4. The van der Waals surface area contributed by atoms with E-state index in [2.05, 4.69) is 20.9 Å². The van der Waals surface area contributed by atoms with Crippen molar-refractivity contribution in [3.63, 3.8) is 0 Å². The van der Waals surface area contributed by atoms with E-state index in [9.17, 15) is 4.79 Å². The Hall–Kier alpha value is -2.98. The number of amidine groups is 1. The topological polar surface area (TPSA) is 32.7 Å². The van der Waals surface area contributed by atoms with E-state index in [4.69, 9.17) is 0 Å². The number of carbonyl (C=O) groups excluding carboxylic acids is 1. The van der Waals surface area contributed by atoms with Crippen molar-refractivity contribution in [3.8, 4) is 0 Å². The van der Waals surface area contributed by atoms with Crippen LogP contribution in [-0.2, 0) is 4.79 Å². The van der Waals surface area contributed by atoms with Crippen molar-refractivity contribution < 1.29 is 4.79 Å². The number of carbonyl (C=O) groups is 1. The summed E-state index contributed by atoms with van der Waals surface area (Å²) in [4.78, 5) is 19.4. The lowest BCUT2D eigenvalue weighted by Crippen LogP contribution is -2.32. The first-order valence-corrected chi connectivity index (χ1v) is 9.02. The quantitative estimate of drug-likeness (QED) is 0.548. The Morgan fingerprint density at radius 3 is 2.23 bits per heavy atom. The molecule has 126 valence electrons. The van der Waals surface area contributed by atoms with Gasteiger partial charge in [0.05, 0.1) is 5.69 Å². The molecular formula is C22H15BrN2O. The van der Waals surface area contributed by atoms with Crippen molar-refractivity contribution >= 4 is 39.4 Å². The number of aliphatic imine (C=N–C) groups is 1. The van der Waals surface area contributed by atoms with Gasteiger partial charge >= 0.3 is 0 Å². The fourth-order valence-corrected chi connectivity index (χ4v) is 3.29. The summed E-state index contributed by atoms with van der Waals surface area (Å²) in [6, 6.07) is 27.2. The molecule has 0 bridgehead atoms. The minimum absolute atomic E-state index is 0.130. The van der Waals surface area contributed by atoms with Gasteiger partial charge in [-0.1, -0.05) is 76.6 Å². The molecule has 0 saturated carbocycles. The minimum Gasteiger partial charge on any atom is -0.266 e. The van der Waals surface area contributed by atoms with Crippen LogP contribution < -0.4 is 4.90 Å². The van der Waals surface area contributed by atoms with E-state index >= 15 is 0 Å². The highest BCUT2D eigenvalue weighted by Crippen LogP contribution is 2.28. The smallest absolute Gasteiger partial charge is 0.266 e. The molecule has 4 rings (SSSR count). The van der Waals surface area contributed by atoms with Gasteiger partial charge in [0.15, 0.2) is 0 Å². The Morgan fingerprint density at radius 2 is 1.54 bits per heavy atom. The van der Waals surface area contributed by atoms with E-state index < -0.39 is 0 Å². The van der Waals surface area contributed by atoms with Crippen LogP contribution in [0, 0.1) is 0 Å². The predicted octanol–water partition coefficient (Wildman–Crippen LogP) is 5.28. The van der Waals surface area contributed by atoms with Gasteiger partial charge in [0, 0.05) is 10.0 Å². The predicted molar refractivity (Wildman–Crippen MR) is 109 cm³/mol. The van der Waals surface area contributed by atoms with Gasteiger partial charge in [-0.05, 0) is 35.9 Å². The van der Waals surface area contributed by atoms with Crippen LogP contribution in [-0.4, -0.2) is 11.7 Å². The molecule has 0 atom stereocenters. The van der Waals surface area contributed by atoms with Gasteiger partial charge in [0.2, 0.25) is 0 Å². The van der Waals surface area contributed by atoms with E-state index in [1.54, 1.807) is 4.90 Å². The second-order valence-electron chi connectivity index (χ2n) is 5.86. The fourth-order valence-electron chi connectivity index (χ4n) is 2.87. The maximum absolute atomic E-state index is 13.1. The molecule has 3 aromatic rings. The van der Waals surface area contributed by atoms with Gasteiger partial charge in [-0.15, -0.1) is 0 Å². The molecule has 4 heteroatoms. The first-order valence-electron chi connectivity index (χ1n) is 8.23. The van der Waals surface area contributed by atoms with Crippen molar-refractivity contribution in [3.05, 3.63) is 106 Å². The zero-order valence-electron chi connectivity index (χ0n) is 13.8. The van der Waals surface area contributed by atoms with Gasteiger partial charge < -0.3 is 0 Å². The fraction of sp³-hybridized carbons (Fsp3) is 0. The lowest BCUT2D eigenvalue weighted by molar-refractivity contribution is -0.113. The summed E-state index contributed by atoms with van der Waals surface area (Å²) in [5.41, 5.74) is 3.06.